The monoisotopic (exact) mass is 241 g/mol. The standard InChI is InChI=1S/C9H15N5O3/c1-15-9-13-7(10)12-8(14-9)11-4-6-5-16-2-3-17-6/h6H,2-5H2,1H3,(H3,10,11,12,13,14). The van der Waals surface area contributed by atoms with Crippen LogP contribution in [0.2, 0.25) is 0 Å². The highest BCUT2D eigenvalue weighted by atomic mass is 16.6. The molecule has 1 aromatic heterocycles. The van der Waals surface area contributed by atoms with Crippen molar-refractivity contribution in [2.24, 2.45) is 0 Å². The number of ether oxygens (including phenoxy) is 3. The van der Waals surface area contributed by atoms with Crippen LogP contribution in [0.5, 0.6) is 6.01 Å². The molecule has 1 saturated heterocycles. The maximum absolute atomic E-state index is 5.51. The van der Waals surface area contributed by atoms with Crippen LogP contribution in [0.4, 0.5) is 11.9 Å². The van der Waals surface area contributed by atoms with E-state index in [1.165, 1.54) is 7.11 Å². The van der Waals surface area contributed by atoms with Crippen LogP contribution in [0.1, 0.15) is 0 Å². The van der Waals surface area contributed by atoms with E-state index in [4.69, 9.17) is 19.9 Å². The Morgan fingerprint density at radius 3 is 3.00 bits per heavy atom. The van der Waals surface area contributed by atoms with Crippen LogP contribution in [-0.4, -0.2) is 54.5 Å². The molecule has 0 saturated carbocycles. The summed E-state index contributed by atoms with van der Waals surface area (Å²) in [5, 5.41) is 3.00. The Kier molecular flexibility index (Phi) is 3.89. The molecule has 0 amide bonds. The van der Waals surface area contributed by atoms with Crippen molar-refractivity contribution in [3.8, 4) is 6.01 Å². The minimum atomic E-state index is -0.00673. The van der Waals surface area contributed by atoms with Crippen LogP contribution in [0.25, 0.3) is 0 Å². The number of hydrogen-bond donors (Lipinski definition) is 2. The predicted molar refractivity (Wildman–Crippen MR) is 59.8 cm³/mol. The predicted octanol–water partition coefficient (Wildman–Crippen LogP) is -0.710. The average Bonchev–Trinajstić information content (AvgIpc) is 2.37. The summed E-state index contributed by atoms with van der Waals surface area (Å²) in [4.78, 5) is 11.7. The van der Waals surface area contributed by atoms with Gasteiger partial charge < -0.3 is 25.3 Å². The Labute approximate surface area is 98.5 Å². The lowest BCUT2D eigenvalue weighted by molar-refractivity contribution is -0.0819. The summed E-state index contributed by atoms with van der Waals surface area (Å²) in [5.74, 6) is 0.476. The fourth-order valence-electron chi connectivity index (χ4n) is 1.40. The van der Waals surface area contributed by atoms with Gasteiger partial charge in [0.1, 0.15) is 0 Å². The second-order valence-corrected chi connectivity index (χ2v) is 3.45. The molecular weight excluding hydrogens is 226 g/mol. The highest BCUT2D eigenvalue weighted by Crippen LogP contribution is 2.09. The molecule has 8 heteroatoms. The van der Waals surface area contributed by atoms with E-state index in [-0.39, 0.29) is 18.1 Å². The summed E-state index contributed by atoms with van der Waals surface area (Å²) < 4.78 is 15.6. The molecule has 0 radical (unpaired) electrons. The van der Waals surface area contributed by atoms with Gasteiger partial charge in [0.15, 0.2) is 0 Å². The van der Waals surface area contributed by atoms with Gasteiger partial charge in [-0.3, -0.25) is 0 Å². The summed E-state index contributed by atoms with van der Waals surface area (Å²) in [5.41, 5.74) is 5.51. The summed E-state index contributed by atoms with van der Waals surface area (Å²) in [6, 6.07) is 0.181. The van der Waals surface area contributed by atoms with E-state index in [0.29, 0.717) is 32.3 Å². The molecule has 94 valence electrons. The van der Waals surface area contributed by atoms with Crippen LogP contribution >= 0.6 is 0 Å². The second-order valence-electron chi connectivity index (χ2n) is 3.45. The largest absolute Gasteiger partial charge is 0.467 e. The van der Waals surface area contributed by atoms with Crippen molar-refractivity contribution in [2.45, 2.75) is 6.10 Å². The molecule has 1 unspecified atom stereocenters. The molecule has 3 N–H and O–H groups in total. The summed E-state index contributed by atoms with van der Waals surface area (Å²) in [6.07, 6.45) is -0.00673. The Morgan fingerprint density at radius 1 is 1.41 bits per heavy atom. The molecular formula is C9H15N5O3. The Bertz CT molecular complexity index is 370. The molecule has 0 aliphatic carbocycles. The molecule has 1 aliphatic rings. The van der Waals surface area contributed by atoms with Crippen molar-refractivity contribution in [3.05, 3.63) is 0 Å². The van der Waals surface area contributed by atoms with Gasteiger partial charge in [0.2, 0.25) is 11.9 Å². The highest BCUT2D eigenvalue weighted by Gasteiger charge is 2.14. The normalized spacial score (nSPS) is 19.9. The number of methoxy groups -OCH3 is 1. The number of nitrogens with two attached hydrogens (primary N) is 1. The Morgan fingerprint density at radius 2 is 2.29 bits per heavy atom. The van der Waals surface area contributed by atoms with Crippen LogP contribution in [0.3, 0.4) is 0 Å². The van der Waals surface area contributed by atoms with Gasteiger partial charge in [0, 0.05) is 6.54 Å². The lowest BCUT2D eigenvalue weighted by Crippen LogP contribution is -2.34. The van der Waals surface area contributed by atoms with E-state index in [1.807, 2.05) is 0 Å². The number of aromatic nitrogens is 3. The van der Waals surface area contributed by atoms with Crippen molar-refractivity contribution >= 4 is 11.9 Å². The smallest absolute Gasteiger partial charge is 0.322 e. The van der Waals surface area contributed by atoms with Crippen molar-refractivity contribution in [3.63, 3.8) is 0 Å². The number of hydrogen-bond acceptors (Lipinski definition) is 8. The minimum absolute atomic E-state index is 0.00673. The average molecular weight is 241 g/mol. The topological polar surface area (TPSA) is 104 Å². The number of nitrogens with zero attached hydrogens (tertiary/aromatic N) is 3. The molecule has 0 aromatic carbocycles. The molecule has 1 fully saturated rings. The molecule has 2 heterocycles. The Hall–Kier alpha value is -1.67. The fraction of sp³-hybridized carbons (Fsp3) is 0.667. The van der Waals surface area contributed by atoms with Crippen LogP contribution in [-0.2, 0) is 9.47 Å². The quantitative estimate of drug-likeness (QED) is 0.712. The number of rotatable bonds is 4. The van der Waals surface area contributed by atoms with Crippen molar-refractivity contribution in [1.29, 1.82) is 0 Å². The molecule has 0 spiro atoms. The first-order valence-corrected chi connectivity index (χ1v) is 5.26. The second kappa shape index (κ2) is 5.60. The van der Waals surface area contributed by atoms with Gasteiger partial charge in [-0.05, 0) is 0 Å². The highest BCUT2D eigenvalue weighted by molar-refractivity contribution is 5.32. The summed E-state index contributed by atoms with van der Waals surface area (Å²) in [6.45, 7) is 2.36. The van der Waals surface area contributed by atoms with Crippen LogP contribution in [0, 0.1) is 0 Å². The number of nitrogen functional groups attached to an aromatic ring is 1. The van der Waals surface area contributed by atoms with Crippen molar-refractivity contribution < 1.29 is 14.2 Å². The Balaban J connectivity index is 1.91. The first kappa shape index (κ1) is 11.8. The molecule has 0 bridgehead atoms. The van der Waals surface area contributed by atoms with Gasteiger partial charge in [-0.2, -0.15) is 15.0 Å². The fourth-order valence-corrected chi connectivity index (χ4v) is 1.40. The summed E-state index contributed by atoms with van der Waals surface area (Å²) in [7, 11) is 1.47. The van der Waals surface area contributed by atoms with Gasteiger partial charge in [0.05, 0.1) is 33.0 Å². The van der Waals surface area contributed by atoms with Crippen LogP contribution in [0.15, 0.2) is 0 Å². The van der Waals surface area contributed by atoms with Gasteiger partial charge >= 0.3 is 6.01 Å². The van der Waals surface area contributed by atoms with Crippen LogP contribution < -0.4 is 15.8 Å². The molecule has 2 rings (SSSR count). The minimum Gasteiger partial charge on any atom is -0.467 e. The molecule has 1 aromatic rings. The molecule has 8 nitrogen and oxygen atoms in total. The maximum atomic E-state index is 5.51. The van der Waals surface area contributed by atoms with E-state index in [0.717, 1.165) is 0 Å². The zero-order valence-electron chi connectivity index (χ0n) is 9.55. The maximum Gasteiger partial charge on any atom is 0.322 e. The lowest BCUT2D eigenvalue weighted by atomic mass is 10.3. The third kappa shape index (κ3) is 3.40. The van der Waals surface area contributed by atoms with E-state index < -0.39 is 0 Å². The van der Waals surface area contributed by atoms with Gasteiger partial charge in [-0.15, -0.1) is 0 Å². The van der Waals surface area contributed by atoms with Crippen molar-refractivity contribution in [1.82, 2.24) is 15.0 Å². The summed E-state index contributed by atoms with van der Waals surface area (Å²) >= 11 is 0. The third-order valence-electron chi connectivity index (χ3n) is 2.19. The van der Waals surface area contributed by atoms with Gasteiger partial charge in [-0.1, -0.05) is 0 Å². The van der Waals surface area contributed by atoms with E-state index in [1.54, 1.807) is 0 Å². The number of nitrogens with one attached hydrogen (secondary N) is 1. The van der Waals surface area contributed by atoms with E-state index in [9.17, 15) is 0 Å². The lowest BCUT2D eigenvalue weighted by Gasteiger charge is -2.23. The zero-order chi connectivity index (χ0) is 12.1. The first-order chi connectivity index (χ1) is 8.28. The molecule has 1 aliphatic heterocycles. The molecule has 1 atom stereocenters. The van der Waals surface area contributed by atoms with E-state index in [2.05, 4.69) is 20.3 Å². The molecule has 17 heavy (non-hydrogen) atoms. The number of anilines is 2. The van der Waals surface area contributed by atoms with Crippen molar-refractivity contribution in [2.75, 3.05) is 44.5 Å². The first-order valence-electron chi connectivity index (χ1n) is 5.26. The third-order valence-corrected chi connectivity index (χ3v) is 2.19. The SMILES string of the molecule is COc1nc(N)nc(NCC2COCCO2)n1. The van der Waals surface area contributed by atoms with Gasteiger partial charge in [-0.25, -0.2) is 0 Å². The zero-order valence-corrected chi connectivity index (χ0v) is 9.55. The van der Waals surface area contributed by atoms with Gasteiger partial charge in [0.25, 0.3) is 0 Å². The van der Waals surface area contributed by atoms with E-state index >= 15 is 0 Å².